The fraction of sp³-hybridized carbons (Fsp3) is 0.556. The van der Waals surface area contributed by atoms with E-state index in [0.717, 1.165) is 12.8 Å². The molecule has 0 saturated heterocycles. The van der Waals surface area contributed by atoms with Crippen LogP contribution in [0.2, 0.25) is 0 Å². The molecule has 0 aromatic carbocycles. The van der Waals surface area contributed by atoms with Gasteiger partial charge in [0, 0.05) is 6.92 Å². The van der Waals surface area contributed by atoms with Crippen LogP contribution in [0.1, 0.15) is 24.6 Å². The summed E-state index contributed by atoms with van der Waals surface area (Å²) in [6, 6.07) is 0. The Labute approximate surface area is 97.6 Å². The van der Waals surface area contributed by atoms with Crippen molar-refractivity contribution >= 4 is 23.1 Å². The molecule has 86 valence electrons. The van der Waals surface area contributed by atoms with E-state index in [1.807, 2.05) is 0 Å². The Balaban J connectivity index is 1.92. The number of carbonyl (C=O) groups is 1. The summed E-state index contributed by atoms with van der Waals surface area (Å²) >= 11 is 4.87. The number of nitrogens with one attached hydrogen (secondary N) is 1. The highest BCUT2D eigenvalue weighted by Gasteiger charge is 2.52. The number of rotatable bonds is 4. The van der Waals surface area contributed by atoms with Crippen molar-refractivity contribution in [3.63, 3.8) is 0 Å². The van der Waals surface area contributed by atoms with Crippen LogP contribution in [0.4, 0.5) is 0 Å². The van der Waals surface area contributed by atoms with Crippen LogP contribution in [0.5, 0.6) is 0 Å². The van der Waals surface area contributed by atoms with E-state index in [2.05, 4.69) is 15.5 Å². The van der Waals surface area contributed by atoms with E-state index in [9.17, 15) is 4.79 Å². The molecule has 1 amide bonds. The van der Waals surface area contributed by atoms with Gasteiger partial charge in [0.05, 0.1) is 16.9 Å². The van der Waals surface area contributed by atoms with Crippen molar-refractivity contribution in [1.29, 1.82) is 0 Å². The second-order valence-corrected chi connectivity index (χ2v) is 4.30. The van der Waals surface area contributed by atoms with Gasteiger partial charge < -0.3 is 15.6 Å². The maximum atomic E-state index is 11.8. The predicted molar refractivity (Wildman–Crippen MR) is 59.3 cm³/mol. The van der Waals surface area contributed by atoms with Gasteiger partial charge in [-0.3, -0.25) is 4.79 Å². The van der Waals surface area contributed by atoms with Gasteiger partial charge in [0.2, 0.25) is 11.8 Å². The van der Waals surface area contributed by atoms with E-state index in [1.54, 1.807) is 6.92 Å². The monoisotopic (exact) mass is 240 g/mol. The van der Waals surface area contributed by atoms with Crippen LogP contribution in [0.25, 0.3) is 0 Å². The standard InChI is InChI=1S/C9H12N4O2S/c1-5-12-6(13-15-5)4-11-8(14)9(2-3-9)7(10)16/h2-4H2,1H3,(H2,10,16)(H,11,14). The second-order valence-electron chi connectivity index (χ2n) is 3.86. The molecule has 0 atom stereocenters. The number of carbonyl (C=O) groups excluding carboxylic acids is 1. The van der Waals surface area contributed by atoms with Crippen molar-refractivity contribution in [1.82, 2.24) is 15.5 Å². The number of thiocarbonyl (C=S) groups is 1. The van der Waals surface area contributed by atoms with E-state index in [1.165, 1.54) is 0 Å². The molecule has 1 aliphatic carbocycles. The summed E-state index contributed by atoms with van der Waals surface area (Å²) in [5, 5.41) is 6.38. The van der Waals surface area contributed by atoms with Crippen LogP contribution < -0.4 is 11.1 Å². The number of hydrogen-bond donors (Lipinski definition) is 2. The molecule has 16 heavy (non-hydrogen) atoms. The molecule has 0 bridgehead atoms. The third kappa shape index (κ3) is 1.90. The molecule has 1 aromatic heterocycles. The minimum absolute atomic E-state index is 0.151. The van der Waals surface area contributed by atoms with Gasteiger partial charge >= 0.3 is 0 Å². The molecule has 0 spiro atoms. The maximum absolute atomic E-state index is 11.8. The summed E-state index contributed by atoms with van der Waals surface area (Å²) in [5.41, 5.74) is 4.90. The van der Waals surface area contributed by atoms with Gasteiger partial charge in [-0.15, -0.1) is 0 Å². The molecule has 3 N–H and O–H groups in total. The maximum Gasteiger partial charge on any atom is 0.233 e. The molecule has 7 heteroatoms. The Bertz CT molecular complexity index is 438. The number of hydrogen-bond acceptors (Lipinski definition) is 5. The smallest absolute Gasteiger partial charge is 0.233 e. The first-order chi connectivity index (χ1) is 7.54. The topological polar surface area (TPSA) is 94.0 Å². The van der Waals surface area contributed by atoms with Gasteiger partial charge in [-0.05, 0) is 12.8 Å². The lowest BCUT2D eigenvalue weighted by molar-refractivity contribution is -0.124. The first-order valence-electron chi connectivity index (χ1n) is 4.92. The lowest BCUT2D eigenvalue weighted by atomic mass is 10.1. The van der Waals surface area contributed by atoms with Gasteiger partial charge in [0.25, 0.3) is 0 Å². The number of nitrogens with two attached hydrogens (primary N) is 1. The quantitative estimate of drug-likeness (QED) is 0.723. The number of nitrogens with zero attached hydrogens (tertiary/aromatic N) is 2. The van der Waals surface area contributed by atoms with E-state index in [0.29, 0.717) is 11.7 Å². The summed E-state index contributed by atoms with van der Waals surface area (Å²) < 4.78 is 4.78. The van der Waals surface area contributed by atoms with Crippen molar-refractivity contribution in [3.05, 3.63) is 11.7 Å². The molecule has 1 fully saturated rings. The lowest BCUT2D eigenvalue weighted by Crippen LogP contribution is -2.39. The molecule has 1 aliphatic rings. The molecule has 0 unspecified atom stereocenters. The summed E-state index contributed by atoms with van der Waals surface area (Å²) in [4.78, 5) is 16.0. The Morgan fingerprint density at radius 2 is 2.38 bits per heavy atom. The fourth-order valence-electron chi connectivity index (χ4n) is 1.45. The third-order valence-corrected chi connectivity index (χ3v) is 3.02. The van der Waals surface area contributed by atoms with Crippen molar-refractivity contribution < 1.29 is 9.32 Å². The van der Waals surface area contributed by atoms with E-state index < -0.39 is 5.41 Å². The van der Waals surface area contributed by atoms with Crippen LogP contribution >= 0.6 is 12.2 Å². The average Bonchev–Trinajstić information content (AvgIpc) is 2.95. The largest absolute Gasteiger partial charge is 0.392 e. The number of aromatic nitrogens is 2. The highest BCUT2D eigenvalue weighted by Crippen LogP contribution is 2.46. The Morgan fingerprint density at radius 3 is 2.81 bits per heavy atom. The SMILES string of the molecule is Cc1nc(CNC(=O)C2(C(N)=S)CC2)no1. The minimum Gasteiger partial charge on any atom is -0.392 e. The van der Waals surface area contributed by atoms with Crippen LogP contribution in [0.15, 0.2) is 4.52 Å². The van der Waals surface area contributed by atoms with Gasteiger partial charge in [-0.1, -0.05) is 17.4 Å². The minimum atomic E-state index is -0.631. The molecule has 1 saturated carbocycles. The zero-order valence-corrected chi connectivity index (χ0v) is 9.63. The van der Waals surface area contributed by atoms with Gasteiger partial charge in [-0.25, -0.2) is 0 Å². The second kappa shape index (κ2) is 3.82. The summed E-state index contributed by atoms with van der Waals surface area (Å²) in [6.45, 7) is 1.93. The number of aryl methyl sites for hydroxylation is 1. The normalized spacial score (nSPS) is 16.8. The van der Waals surface area contributed by atoms with Crippen LogP contribution in [-0.2, 0) is 11.3 Å². The van der Waals surface area contributed by atoms with Crippen LogP contribution in [-0.4, -0.2) is 21.0 Å². The predicted octanol–water partition coefficient (Wildman–Crippen LogP) is 0.0605. The first kappa shape index (κ1) is 11.0. The molecule has 1 aromatic rings. The molecule has 1 heterocycles. The Morgan fingerprint density at radius 1 is 1.69 bits per heavy atom. The van der Waals surface area contributed by atoms with Crippen molar-refractivity contribution in [3.8, 4) is 0 Å². The summed E-state index contributed by atoms with van der Waals surface area (Å²) in [7, 11) is 0. The fourth-order valence-corrected chi connectivity index (χ4v) is 1.75. The van der Waals surface area contributed by atoms with E-state index in [-0.39, 0.29) is 17.4 Å². The van der Waals surface area contributed by atoms with E-state index in [4.69, 9.17) is 22.5 Å². The van der Waals surface area contributed by atoms with Crippen molar-refractivity contribution in [2.45, 2.75) is 26.3 Å². The molecule has 6 nitrogen and oxygen atoms in total. The Hall–Kier alpha value is -1.50. The molecule has 0 aliphatic heterocycles. The molecular formula is C9H12N4O2S. The highest BCUT2D eigenvalue weighted by molar-refractivity contribution is 7.80. The van der Waals surface area contributed by atoms with Gasteiger partial charge in [0.15, 0.2) is 5.82 Å². The highest BCUT2D eigenvalue weighted by atomic mass is 32.1. The van der Waals surface area contributed by atoms with Crippen LogP contribution in [0.3, 0.4) is 0 Å². The Kier molecular flexibility index (Phi) is 2.63. The molecular weight excluding hydrogens is 228 g/mol. The first-order valence-corrected chi connectivity index (χ1v) is 5.33. The van der Waals surface area contributed by atoms with Gasteiger partial charge in [-0.2, -0.15) is 4.98 Å². The summed E-state index contributed by atoms with van der Waals surface area (Å²) in [6.07, 6.45) is 1.44. The zero-order chi connectivity index (χ0) is 11.8. The number of amides is 1. The lowest BCUT2D eigenvalue weighted by Gasteiger charge is -2.12. The van der Waals surface area contributed by atoms with Gasteiger partial charge in [0.1, 0.15) is 0 Å². The zero-order valence-electron chi connectivity index (χ0n) is 8.82. The van der Waals surface area contributed by atoms with Crippen LogP contribution in [0, 0.1) is 12.3 Å². The summed E-state index contributed by atoms with van der Waals surface area (Å²) in [5.74, 6) is 0.770. The molecule has 2 rings (SSSR count). The molecule has 0 radical (unpaired) electrons. The van der Waals surface area contributed by atoms with Crippen molar-refractivity contribution in [2.75, 3.05) is 0 Å². The average molecular weight is 240 g/mol. The van der Waals surface area contributed by atoms with E-state index >= 15 is 0 Å². The van der Waals surface area contributed by atoms with Crippen molar-refractivity contribution in [2.24, 2.45) is 11.1 Å². The third-order valence-electron chi connectivity index (χ3n) is 2.63.